The average molecular weight is 479 g/mol. The minimum Gasteiger partial charge on any atom is -0.485 e. The van der Waals surface area contributed by atoms with Crippen molar-refractivity contribution in [2.45, 2.75) is 64.8 Å². The third-order valence-corrected chi connectivity index (χ3v) is 6.68. The van der Waals surface area contributed by atoms with E-state index in [4.69, 9.17) is 9.47 Å². The zero-order valence-electron chi connectivity index (χ0n) is 20.6. The topological polar surface area (TPSA) is 84.9 Å². The Morgan fingerprint density at radius 2 is 1.89 bits per heavy atom. The molecule has 0 unspecified atom stereocenters. The largest absolute Gasteiger partial charge is 0.485 e. The lowest BCUT2D eigenvalue weighted by Crippen LogP contribution is -2.40. The predicted molar refractivity (Wildman–Crippen MR) is 134 cm³/mol. The monoisotopic (exact) mass is 478 g/mol. The standard InChI is InChI=1S/C28H34N2O5/c1-19-10-11-20(2)26(15-19)34-17-24(31)21-12-13-25-23(16-21)30(28(33)18-35-25)14-6-9-27(32)29-22-7-4-3-5-8-22/h10-13,15-16,22H,3-9,14,17-18H2,1-2H3,(H,29,32). The third-order valence-electron chi connectivity index (χ3n) is 6.68. The van der Waals surface area contributed by atoms with Crippen LogP contribution in [0.5, 0.6) is 11.5 Å². The highest BCUT2D eigenvalue weighted by Crippen LogP contribution is 2.33. The molecule has 1 aliphatic heterocycles. The van der Waals surface area contributed by atoms with Gasteiger partial charge in [-0.2, -0.15) is 0 Å². The van der Waals surface area contributed by atoms with Gasteiger partial charge in [0.1, 0.15) is 11.5 Å². The number of carbonyl (C=O) groups excluding carboxylic acids is 3. The molecule has 2 aromatic carbocycles. The van der Waals surface area contributed by atoms with Gasteiger partial charge in [-0.3, -0.25) is 14.4 Å². The van der Waals surface area contributed by atoms with Gasteiger partial charge in [-0.05, 0) is 68.5 Å². The highest BCUT2D eigenvalue weighted by Gasteiger charge is 2.27. The molecular formula is C28H34N2O5. The lowest BCUT2D eigenvalue weighted by Gasteiger charge is -2.30. The Morgan fingerprint density at radius 3 is 2.69 bits per heavy atom. The highest BCUT2D eigenvalue weighted by molar-refractivity contribution is 6.02. The molecule has 0 bridgehead atoms. The van der Waals surface area contributed by atoms with Gasteiger partial charge in [0, 0.05) is 24.6 Å². The van der Waals surface area contributed by atoms with Crippen molar-refractivity contribution in [3.63, 3.8) is 0 Å². The van der Waals surface area contributed by atoms with Gasteiger partial charge in [0.2, 0.25) is 5.91 Å². The van der Waals surface area contributed by atoms with Crippen molar-refractivity contribution < 1.29 is 23.9 Å². The molecule has 186 valence electrons. The number of nitrogens with zero attached hydrogens (tertiary/aromatic N) is 1. The number of hydrogen-bond donors (Lipinski definition) is 1. The van der Waals surface area contributed by atoms with Crippen LogP contribution in [0.15, 0.2) is 36.4 Å². The summed E-state index contributed by atoms with van der Waals surface area (Å²) < 4.78 is 11.3. The van der Waals surface area contributed by atoms with Gasteiger partial charge in [0.15, 0.2) is 19.0 Å². The summed E-state index contributed by atoms with van der Waals surface area (Å²) >= 11 is 0. The van der Waals surface area contributed by atoms with E-state index >= 15 is 0 Å². The summed E-state index contributed by atoms with van der Waals surface area (Å²) in [7, 11) is 0. The summed E-state index contributed by atoms with van der Waals surface area (Å²) in [4.78, 5) is 39.4. The second kappa shape index (κ2) is 11.4. The molecule has 1 fully saturated rings. The summed E-state index contributed by atoms with van der Waals surface area (Å²) in [5, 5.41) is 3.12. The van der Waals surface area contributed by atoms with Crippen molar-refractivity contribution in [3.8, 4) is 11.5 Å². The normalized spacial score (nSPS) is 15.8. The van der Waals surface area contributed by atoms with Crippen molar-refractivity contribution >= 4 is 23.3 Å². The molecule has 2 aliphatic rings. The molecule has 35 heavy (non-hydrogen) atoms. The Labute approximate surface area is 206 Å². The van der Waals surface area contributed by atoms with E-state index in [1.54, 1.807) is 23.1 Å². The fraction of sp³-hybridized carbons (Fsp3) is 0.464. The number of amides is 2. The Morgan fingerprint density at radius 1 is 1.09 bits per heavy atom. The van der Waals surface area contributed by atoms with Gasteiger partial charge < -0.3 is 19.7 Å². The summed E-state index contributed by atoms with van der Waals surface area (Å²) in [5.41, 5.74) is 3.04. The quantitative estimate of drug-likeness (QED) is 0.536. The van der Waals surface area contributed by atoms with E-state index < -0.39 is 0 Å². The fourth-order valence-corrected chi connectivity index (χ4v) is 4.65. The van der Waals surface area contributed by atoms with Crippen LogP contribution in [0, 0.1) is 13.8 Å². The first-order valence-corrected chi connectivity index (χ1v) is 12.5. The van der Waals surface area contributed by atoms with E-state index in [9.17, 15) is 14.4 Å². The molecule has 0 atom stereocenters. The number of benzene rings is 2. The summed E-state index contributed by atoms with van der Waals surface area (Å²) in [6.45, 7) is 4.16. The zero-order valence-corrected chi connectivity index (χ0v) is 20.6. The molecule has 1 heterocycles. The molecule has 0 radical (unpaired) electrons. The predicted octanol–water partition coefficient (Wildman–Crippen LogP) is 4.52. The van der Waals surface area contributed by atoms with Crippen LogP contribution in [-0.2, 0) is 9.59 Å². The van der Waals surface area contributed by atoms with Crippen LogP contribution in [0.2, 0.25) is 0 Å². The van der Waals surface area contributed by atoms with Crippen molar-refractivity contribution in [2.75, 3.05) is 24.7 Å². The molecule has 0 saturated heterocycles. The number of Topliss-reactive ketones (excluding diaryl/α,β-unsaturated/α-hetero) is 1. The minimum absolute atomic E-state index is 0.0327. The molecule has 1 N–H and O–H groups in total. The van der Waals surface area contributed by atoms with E-state index in [1.165, 1.54) is 19.3 Å². The van der Waals surface area contributed by atoms with Gasteiger partial charge in [-0.25, -0.2) is 0 Å². The summed E-state index contributed by atoms with van der Waals surface area (Å²) in [6.07, 6.45) is 6.57. The maximum Gasteiger partial charge on any atom is 0.265 e. The Hall–Kier alpha value is -3.35. The van der Waals surface area contributed by atoms with Gasteiger partial charge >= 0.3 is 0 Å². The Bertz CT molecular complexity index is 1090. The molecule has 0 spiro atoms. The second-order valence-corrected chi connectivity index (χ2v) is 9.50. The maximum atomic E-state index is 12.9. The van der Waals surface area contributed by atoms with Crippen LogP contribution < -0.4 is 19.7 Å². The first kappa shape index (κ1) is 24.8. The van der Waals surface area contributed by atoms with E-state index in [1.807, 2.05) is 32.0 Å². The molecule has 1 saturated carbocycles. The zero-order chi connectivity index (χ0) is 24.8. The number of aryl methyl sites for hydroxylation is 2. The van der Waals surface area contributed by atoms with Crippen LogP contribution in [-0.4, -0.2) is 43.4 Å². The fourth-order valence-electron chi connectivity index (χ4n) is 4.65. The van der Waals surface area contributed by atoms with Crippen molar-refractivity contribution in [2.24, 2.45) is 0 Å². The number of carbonyl (C=O) groups is 3. The summed E-state index contributed by atoms with van der Waals surface area (Å²) in [5.74, 6) is 0.913. The lowest BCUT2D eigenvalue weighted by molar-refractivity contribution is -0.123. The molecular weight excluding hydrogens is 444 g/mol. The number of nitrogens with one attached hydrogen (secondary N) is 1. The van der Waals surface area contributed by atoms with Gasteiger partial charge in [0.25, 0.3) is 5.91 Å². The van der Waals surface area contributed by atoms with Crippen molar-refractivity contribution in [3.05, 3.63) is 53.1 Å². The smallest absolute Gasteiger partial charge is 0.265 e. The van der Waals surface area contributed by atoms with Gasteiger partial charge in [0.05, 0.1) is 5.69 Å². The molecule has 7 nitrogen and oxygen atoms in total. The van der Waals surface area contributed by atoms with Gasteiger partial charge in [-0.15, -0.1) is 0 Å². The van der Waals surface area contributed by atoms with E-state index in [0.717, 1.165) is 24.0 Å². The van der Waals surface area contributed by atoms with Crippen LogP contribution >= 0.6 is 0 Å². The Kier molecular flexibility index (Phi) is 8.06. The van der Waals surface area contributed by atoms with E-state index in [-0.39, 0.29) is 36.9 Å². The van der Waals surface area contributed by atoms with Crippen LogP contribution in [0.4, 0.5) is 5.69 Å². The first-order chi connectivity index (χ1) is 16.9. The number of anilines is 1. The first-order valence-electron chi connectivity index (χ1n) is 12.5. The van der Waals surface area contributed by atoms with E-state index in [0.29, 0.717) is 42.1 Å². The minimum atomic E-state index is -0.182. The van der Waals surface area contributed by atoms with Crippen molar-refractivity contribution in [1.82, 2.24) is 5.32 Å². The number of hydrogen-bond acceptors (Lipinski definition) is 5. The SMILES string of the molecule is Cc1ccc(C)c(OCC(=O)c2ccc3c(c2)N(CCCC(=O)NC2CCCCC2)C(=O)CO3)c1. The molecule has 2 aromatic rings. The molecule has 7 heteroatoms. The third kappa shape index (κ3) is 6.41. The molecule has 4 rings (SSSR count). The van der Waals surface area contributed by atoms with Crippen LogP contribution in [0.25, 0.3) is 0 Å². The number of ether oxygens (including phenoxy) is 2. The molecule has 0 aromatic heterocycles. The lowest BCUT2D eigenvalue weighted by atomic mass is 9.95. The maximum absolute atomic E-state index is 12.9. The average Bonchev–Trinajstić information content (AvgIpc) is 2.86. The van der Waals surface area contributed by atoms with Crippen LogP contribution in [0.1, 0.15) is 66.4 Å². The van der Waals surface area contributed by atoms with Crippen molar-refractivity contribution in [1.29, 1.82) is 0 Å². The summed E-state index contributed by atoms with van der Waals surface area (Å²) in [6, 6.07) is 11.2. The number of ketones is 1. The van der Waals surface area contributed by atoms with Gasteiger partial charge in [-0.1, -0.05) is 31.4 Å². The number of rotatable bonds is 9. The number of fused-ring (bicyclic) bond motifs is 1. The second-order valence-electron chi connectivity index (χ2n) is 9.50. The molecule has 2 amide bonds. The Balaban J connectivity index is 1.37. The van der Waals surface area contributed by atoms with Crippen LogP contribution in [0.3, 0.4) is 0 Å². The molecule has 1 aliphatic carbocycles. The van der Waals surface area contributed by atoms with E-state index in [2.05, 4.69) is 5.32 Å². The highest BCUT2D eigenvalue weighted by atomic mass is 16.5.